The lowest BCUT2D eigenvalue weighted by molar-refractivity contribution is -0.144. The van der Waals surface area contributed by atoms with Crippen LogP contribution in [0.15, 0.2) is 53.4 Å². The van der Waals surface area contributed by atoms with Crippen molar-refractivity contribution < 1.29 is 19.1 Å². The number of anilines is 1. The third kappa shape index (κ3) is 4.33. The highest BCUT2D eigenvalue weighted by atomic mass is 32.2. The van der Waals surface area contributed by atoms with Gasteiger partial charge in [0.15, 0.2) is 6.61 Å². The molecule has 5 nitrogen and oxygen atoms in total. The van der Waals surface area contributed by atoms with Crippen molar-refractivity contribution in [3.8, 4) is 5.75 Å². The molecule has 0 bridgehead atoms. The number of hydrogen-bond acceptors (Lipinski definition) is 5. The lowest BCUT2D eigenvalue weighted by Crippen LogP contribution is -2.40. The van der Waals surface area contributed by atoms with Crippen molar-refractivity contribution >= 4 is 29.3 Å². The molecule has 2 aromatic carbocycles. The zero-order valence-corrected chi connectivity index (χ0v) is 14.8. The Balaban J connectivity index is 1.52. The van der Waals surface area contributed by atoms with Gasteiger partial charge in [0.25, 0.3) is 5.91 Å². The van der Waals surface area contributed by atoms with Gasteiger partial charge in [0.2, 0.25) is 0 Å². The Hall–Kier alpha value is -2.47. The third-order valence-corrected chi connectivity index (χ3v) is 4.65. The van der Waals surface area contributed by atoms with Crippen molar-refractivity contribution in [2.24, 2.45) is 0 Å². The summed E-state index contributed by atoms with van der Waals surface area (Å²) in [7, 11) is 0. The summed E-state index contributed by atoms with van der Waals surface area (Å²) in [5.41, 5.74) is 1.64. The predicted molar refractivity (Wildman–Crippen MR) is 96.9 cm³/mol. The van der Waals surface area contributed by atoms with Gasteiger partial charge in [-0.3, -0.25) is 9.59 Å². The van der Waals surface area contributed by atoms with Crippen LogP contribution < -0.4 is 9.64 Å². The zero-order valence-electron chi connectivity index (χ0n) is 13.9. The molecule has 1 heterocycles. The first kappa shape index (κ1) is 17.4. The Kier molecular flexibility index (Phi) is 5.60. The summed E-state index contributed by atoms with van der Waals surface area (Å²) in [5.74, 6) is 0.175. The minimum Gasteiger partial charge on any atom is -0.482 e. The Labute approximate surface area is 150 Å². The number of para-hydroxylation sites is 2. The number of benzene rings is 2. The number of hydrogen-bond donors (Lipinski definition) is 0. The van der Waals surface area contributed by atoms with Crippen molar-refractivity contribution in [2.45, 2.75) is 17.9 Å². The van der Waals surface area contributed by atoms with Crippen LogP contribution in [0.4, 0.5) is 5.69 Å². The van der Waals surface area contributed by atoms with Crippen LogP contribution >= 0.6 is 11.8 Å². The molecule has 1 amide bonds. The standard InChI is InChI=1S/C19H19NO4S/c1-25-15-8-6-14(7-9-15)12-24-19(22)10-11-20-16-4-2-3-5-17(16)23-13-18(20)21/h2-9H,10-13H2,1H3. The molecule has 0 unspecified atom stereocenters. The first-order chi connectivity index (χ1) is 12.2. The molecule has 6 heteroatoms. The molecule has 1 aliphatic heterocycles. The summed E-state index contributed by atoms with van der Waals surface area (Å²) in [4.78, 5) is 26.8. The Morgan fingerprint density at radius 3 is 2.72 bits per heavy atom. The monoisotopic (exact) mass is 357 g/mol. The minimum atomic E-state index is -0.328. The van der Waals surface area contributed by atoms with E-state index in [0.717, 1.165) is 5.56 Å². The molecule has 2 aromatic rings. The van der Waals surface area contributed by atoms with Gasteiger partial charge in [-0.2, -0.15) is 0 Å². The fourth-order valence-electron chi connectivity index (χ4n) is 2.56. The summed E-state index contributed by atoms with van der Waals surface area (Å²) < 4.78 is 10.7. The number of carbonyl (C=O) groups excluding carboxylic acids is 2. The van der Waals surface area contributed by atoms with Gasteiger partial charge < -0.3 is 14.4 Å². The molecule has 0 saturated heterocycles. The van der Waals surface area contributed by atoms with Crippen LogP contribution in [-0.4, -0.2) is 31.3 Å². The number of fused-ring (bicyclic) bond motifs is 1. The second-order valence-corrected chi connectivity index (χ2v) is 6.44. The van der Waals surface area contributed by atoms with Crippen molar-refractivity contribution in [1.29, 1.82) is 0 Å². The van der Waals surface area contributed by atoms with Gasteiger partial charge in [-0.25, -0.2) is 0 Å². The average Bonchev–Trinajstić information content (AvgIpc) is 2.66. The predicted octanol–water partition coefficient (Wildman–Crippen LogP) is 3.27. The zero-order chi connectivity index (χ0) is 17.6. The molecule has 0 saturated carbocycles. The Morgan fingerprint density at radius 2 is 1.96 bits per heavy atom. The lowest BCUT2D eigenvalue weighted by atomic mass is 10.2. The van der Waals surface area contributed by atoms with Crippen molar-refractivity contribution in [1.82, 2.24) is 0 Å². The van der Waals surface area contributed by atoms with E-state index in [1.165, 1.54) is 4.90 Å². The number of esters is 1. The molecule has 3 rings (SSSR count). The van der Waals surface area contributed by atoms with Gasteiger partial charge in [0, 0.05) is 11.4 Å². The average molecular weight is 357 g/mol. The number of thioether (sulfide) groups is 1. The van der Waals surface area contributed by atoms with E-state index in [0.29, 0.717) is 11.4 Å². The fourth-order valence-corrected chi connectivity index (χ4v) is 2.97. The molecule has 0 N–H and O–H groups in total. The Bertz CT molecular complexity index is 760. The van der Waals surface area contributed by atoms with E-state index >= 15 is 0 Å². The molecular formula is C19H19NO4S. The first-order valence-corrected chi connectivity index (χ1v) is 9.20. The second-order valence-electron chi connectivity index (χ2n) is 5.56. The quantitative estimate of drug-likeness (QED) is 0.587. The van der Waals surface area contributed by atoms with Crippen LogP contribution in [0.1, 0.15) is 12.0 Å². The minimum absolute atomic E-state index is 0.00610. The maximum absolute atomic E-state index is 12.1. The summed E-state index contributed by atoms with van der Waals surface area (Å²) >= 11 is 1.67. The van der Waals surface area contributed by atoms with E-state index in [4.69, 9.17) is 9.47 Å². The summed E-state index contributed by atoms with van der Waals surface area (Å²) in [6, 6.07) is 15.2. The number of rotatable bonds is 6. The van der Waals surface area contributed by atoms with Crippen LogP contribution in [0.5, 0.6) is 5.75 Å². The van der Waals surface area contributed by atoms with Crippen LogP contribution in [-0.2, 0) is 20.9 Å². The van der Waals surface area contributed by atoms with E-state index in [9.17, 15) is 9.59 Å². The SMILES string of the molecule is CSc1ccc(COC(=O)CCN2C(=O)COc3ccccc32)cc1. The molecule has 1 aliphatic rings. The maximum Gasteiger partial charge on any atom is 0.307 e. The number of nitrogens with zero attached hydrogens (tertiary/aromatic N) is 1. The van der Waals surface area contributed by atoms with Gasteiger partial charge in [0.05, 0.1) is 12.1 Å². The van der Waals surface area contributed by atoms with Gasteiger partial charge in [0.1, 0.15) is 12.4 Å². The smallest absolute Gasteiger partial charge is 0.307 e. The van der Waals surface area contributed by atoms with E-state index in [1.807, 2.05) is 54.8 Å². The van der Waals surface area contributed by atoms with Crippen LogP contribution in [0.2, 0.25) is 0 Å². The van der Waals surface area contributed by atoms with E-state index in [1.54, 1.807) is 16.7 Å². The number of amides is 1. The molecule has 0 radical (unpaired) electrons. The van der Waals surface area contributed by atoms with E-state index in [-0.39, 0.29) is 38.1 Å². The molecule has 0 spiro atoms. The fraction of sp³-hybridized carbons (Fsp3) is 0.263. The highest BCUT2D eigenvalue weighted by Gasteiger charge is 2.25. The van der Waals surface area contributed by atoms with Crippen LogP contribution in [0, 0.1) is 0 Å². The van der Waals surface area contributed by atoms with Crippen molar-refractivity contribution in [3.05, 3.63) is 54.1 Å². The molecule has 0 aromatic heterocycles. The molecule has 0 atom stereocenters. The lowest BCUT2D eigenvalue weighted by Gasteiger charge is -2.28. The largest absolute Gasteiger partial charge is 0.482 e. The second kappa shape index (κ2) is 8.07. The normalized spacial score (nSPS) is 13.2. The third-order valence-electron chi connectivity index (χ3n) is 3.91. The number of ether oxygens (including phenoxy) is 2. The first-order valence-electron chi connectivity index (χ1n) is 7.98. The topological polar surface area (TPSA) is 55.8 Å². The number of carbonyl (C=O) groups is 2. The maximum atomic E-state index is 12.1. The van der Waals surface area contributed by atoms with Gasteiger partial charge in [-0.05, 0) is 36.1 Å². The Morgan fingerprint density at radius 1 is 1.20 bits per heavy atom. The highest BCUT2D eigenvalue weighted by molar-refractivity contribution is 7.98. The molecule has 25 heavy (non-hydrogen) atoms. The van der Waals surface area contributed by atoms with Gasteiger partial charge in [-0.15, -0.1) is 11.8 Å². The molecule has 0 aliphatic carbocycles. The molecule has 0 fully saturated rings. The van der Waals surface area contributed by atoms with Gasteiger partial charge >= 0.3 is 5.97 Å². The van der Waals surface area contributed by atoms with Gasteiger partial charge in [-0.1, -0.05) is 24.3 Å². The van der Waals surface area contributed by atoms with E-state index < -0.39 is 0 Å². The van der Waals surface area contributed by atoms with Crippen LogP contribution in [0.3, 0.4) is 0 Å². The summed E-state index contributed by atoms with van der Waals surface area (Å²) in [6.07, 6.45) is 2.16. The summed E-state index contributed by atoms with van der Waals surface area (Å²) in [5, 5.41) is 0. The van der Waals surface area contributed by atoms with Crippen LogP contribution in [0.25, 0.3) is 0 Å². The van der Waals surface area contributed by atoms with Crippen molar-refractivity contribution in [3.63, 3.8) is 0 Å². The molecular weight excluding hydrogens is 338 g/mol. The highest BCUT2D eigenvalue weighted by Crippen LogP contribution is 2.31. The van der Waals surface area contributed by atoms with E-state index in [2.05, 4.69) is 0 Å². The summed E-state index contributed by atoms with van der Waals surface area (Å²) in [6.45, 7) is 0.512. The molecule has 130 valence electrons. The van der Waals surface area contributed by atoms with Crippen molar-refractivity contribution in [2.75, 3.05) is 24.3 Å².